The van der Waals surface area contributed by atoms with Gasteiger partial charge in [0.1, 0.15) is 12.4 Å². The molecular formula is C34H46N2OS. The molecule has 204 valence electrons. The number of benzene rings is 1. The molecule has 0 N–H and O–H groups in total. The smallest absolute Gasteiger partial charge is 0.119 e. The zero-order valence-corrected chi connectivity index (χ0v) is 24.4. The summed E-state index contributed by atoms with van der Waals surface area (Å²) in [6, 6.07) is 9.89. The fraction of sp³-hybridized carbons (Fsp3) is 0.618. The molecular weight excluding hydrogens is 484 g/mol. The van der Waals surface area contributed by atoms with Gasteiger partial charge in [-0.1, -0.05) is 51.1 Å². The van der Waals surface area contributed by atoms with Gasteiger partial charge in [0.05, 0.1) is 6.54 Å². The number of hydrogen-bond donors (Lipinski definition) is 0. The molecule has 3 fully saturated rings. The molecule has 3 aliphatic heterocycles. The Kier molecular flexibility index (Phi) is 7.91. The molecule has 3 heterocycles. The van der Waals surface area contributed by atoms with Gasteiger partial charge in [-0.25, -0.2) is 0 Å². The van der Waals surface area contributed by atoms with E-state index >= 15 is 0 Å². The minimum Gasteiger partial charge on any atom is -0.491 e. The number of piperidine rings is 1. The maximum atomic E-state index is 6.28. The molecule has 2 aliphatic carbocycles. The summed E-state index contributed by atoms with van der Waals surface area (Å²) in [6.45, 7) is 13.2. The van der Waals surface area contributed by atoms with E-state index in [1.807, 2.05) is 11.8 Å². The Morgan fingerprint density at radius 1 is 1.03 bits per heavy atom. The Labute approximate surface area is 234 Å². The van der Waals surface area contributed by atoms with Gasteiger partial charge in [0.2, 0.25) is 0 Å². The highest BCUT2D eigenvalue weighted by Gasteiger charge is 2.44. The van der Waals surface area contributed by atoms with Crippen molar-refractivity contribution in [1.29, 1.82) is 0 Å². The number of aliphatic imine (C=N–C) groups is 1. The quantitative estimate of drug-likeness (QED) is 0.339. The van der Waals surface area contributed by atoms with Crippen molar-refractivity contribution in [3.8, 4) is 0 Å². The first kappa shape index (κ1) is 26.4. The lowest BCUT2D eigenvalue weighted by atomic mass is 9.81. The molecule has 1 saturated heterocycles. The van der Waals surface area contributed by atoms with Crippen molar-refractivity contribution >= 4 is 18.0 Å². The van der Waals surface area contributed by atoms with Crippen LogP contribution in [-0.4, -0.2) is 42.0 Å². The van der Waals surface area contributed by atoms with E-state index in [0.29, 0.717) is 23.8 Å². The number of allylic oxidation sites excluding steroid dienone is 2. The second-order valence-corrected chi connectivity index (χ2v) is 14.4. The molecule has 1 aromatic carbocycles. The largest absolute Gasteiger partial charge is 0.491 e. The lowest BCUT2D eigenvalue weighted by Crippen LogP contribution is -2.41. The van der Waals surface area contributed by atoms with E-state index in [1.165, 1.54) is 104 Å². The summed E-state index contributed by atoms with van der Waals surface area (Å²) in [5.41, 5.74) is 5.74. The maximum Gasteiger partial charge on any atom is 0.119 e. The van der Waals surface area contributed by atoms with E-state index in [0.717, 1.165) is 23.6 Å². The number of ether oxygens (including phenoxy) is 1. The molecule has 5 aliphatic rings. The first-order valence-electron chi connectivity index (χ1n) is 15.2. The summed E-state index contributed by atoms with van der Waals surface area (Å²) in [7, 11) is 0. The van der Waals surface area contributed by atoms with E-state index in [9.17, 15) is 0 Å². The number of thioether (sulfide) groups is 1. The molecule has 0 spiro atoms. The van der Waals surface area contributed by atoms with Crippen molar-refractivity contribution in [2.24, 2.45) is 22.2 Å². The molecule has 4 heteroatoms. The van der Waals surface area contributed by atoms with Gasteiger partial charge in [0, 0.05) is 28.0 Å². The van der Waals surface area contributed by atoms with Crippen LogP contribution in [0.3, 0.4) is 0 Å². The Morgan fingerprint density at radius 2 is 1.74 bits per heavy atom. The fourth-order valence-electron chi connectivity index (χ4n) is 7.06. The summed E-state index contributed by atoms with van der Waals surface area (Å²) in [6.07, 6.45) is 17.9. The van der Waals surface area contributed by atoms with Crippen LogP contribution in [-0.2, 0) is 17.8 Å². The molecule has 2 unspecified atom stereocenters. The number of nitrogens with zero attached hydrogens (tertiary/aromatic N) is 2. The monoisotopic (exact) mass is 530 g/mol. The van der Waals surface area contributed by atoms with E-state index < -0.39 is 0 Å². The molecule has 0 bridgehead atoms. The molecule has 2 atom stereocenters. The van der Waals surface area contributed by atoms with Crippen LogP contribution in [0.5, 0.6) is 0 Å². The third-order valence-corrected chi connectivity index (χ3v) is 11.3. The van der Waals surface area contributed by atoms with Gasteiger partial charge in [-0.15, -0.1) is 11.8 Å². The second-order valence-electron chi connectivity index (χ2n) is 13.2. The molecule has 0 amide bonds. The van der Waals surface area contributed by atoms with Crippen molar-refractivity contribution in [3.05, 3.63) is 69.9 Å². The van der Waals surface area contributed by atoms with E-state index in [4.69, 9.17) is 9.73 Å². The van der Waals surface area contributed by atoms with Crippen LogP contribution in [0, 0.1) is 17.3 Å². The molecule has 0 radical (unpaired) electrons. The van der Waals surface area contributed by atoms with Crippen LogP contribution in [0.1, 0.15) is 82.8 Å². The molecule has 6 rings (SSSR count). The van der Waals surface area contributed by atoms with Crippen LogP contribution in [0.2, 0.25) is 0 Å². The Hall–Kier alpha value is -1.78. The Balaban J connectivity index is 0.993. The highest BCUT2D eigenvalue weighted by Crippen LogP contribution is 2.53. The average molecular weight is 531 g/mol. The standard InChI is InChI=1S/C34H46N2OS/c1-24-31-22-35-21-30(37-23-27-9-7-25(8-10-27)17-28-20-34(28,2)3)19-33(31)38-32(24)18-26-11-13-29(14-12-26)36-15-5-4-6-16-36/h7-10,19,22,26,28-29,32H,1,4-6,11-18,20-21,23H2,2-3H3. The number of rotatable bonds is 8. The predicted molar refractivity (Wildman–Crippen MR) is 162 cm³/mol. The third kappa shape index (κ3) is 6.17. The minimum absolute atomic E-state index is 0.488. The number of likely N-dealkylation sites (tertiary alicyclic amines) is 1. The van der Waals surface area contributed by atoms with E-state index in [1.54, 1.807) is 0 Å². The zero-order valence-electron chi connectivity index (χ0n) is 23.6. The fourth-order valence-corrected chi connectivity index (χ4v) is 8.52. The highest BCUT2D eigenvalue weighted by molar-refractivity contribution is 8.04. The SMILES string of the molecule is C=C1C2=C(C=C(OCc3ccc(CC4CC4(C)C)cc3)CN=C2)SC1CC1CCC(N2CCCCC2)CC1. The first-order valence-corrected chi connectivity index (χ1v) is 16.1. The van der Waals surface area contributed by atoms with Crippen LogP contribution < -0.4 is 0 Å². The van der Waals surface area contributed by atoms with Gasteiger partial charge in [-0.05, 0) is 111 Å². The average Bonchev–Trinajstić information content (AvgIpc) is 3.51. The molecule has 3 nitrogen and oxygen atoms in total. The summed E-state index contributed by atoms with van der Waals surface area (Å²) in [5.74, 6) is 2.65. The van der Waals surface area contributed by atoms with E-state index in [2.05, 4.69) is 61.9 Å². The van der Waals surface area contributed by atoms with E-state index in [-0.39, 0.29) is 0 Å². The summed E-state index contributed by atoms with van der Waals surface area (Å²) in [4.78, 5) is 8.81. The second kappa shape index (κ2) is 11.4. The molecule has 1 aromatic rings. The highest BCUT2D eigenvalue weighted by atomic mass is 32.2. The summed E-state index contributed by atoms with van der Waals surface area (Å²) < 4.78 is 6.28. The van der Waals surface area contributed by atoms with Crippen molar-refractivity contribution in [2.45, 2.75) is 96.0 Å². The number of hydrogen-bond acceptors (Lipinski definition) is 4. The molecule has 38 heavy (non-hydrogen) atoms. The van der Waals surface area contributed by atoms with Crippen LogP contribution >= 0.6 is 11.8 Å². The normalized spacial score (nSPS) is 31.1. The van der Waals surface area contributed by atoms with Gasteiger partial charge in [-0.3, -0.25) is 4.99 Å². The van der Waals surface area contributed by atoms with Gasteiger partial charge >= 0.3 is 0 Å². The Morgan fingerprint density at radius 3 is 2.45 bits per heavy atom. The maximum absolute atomic E-state index is 6.28. The summed E-state index contributed by atoms with van der Waals surface area (Å²) in [5, 5.41) is 0.488. The van der Waals surface area contributed by atoms with Crippen molar-refractivity contribution in [2.75, 3.05) is 19.6 Å². The van der Waals surface area contributed by atoms with Crippen LogP contribution in [0.25, 0.3) is 0 Å². The predicted octanol–water partition coefficient (Wildman–Crippen LogP) is 8.12. The van der Waals surface area contributed by atoms with Gasteiger partial charge in [0.15, 0.2) is 0 Å². The van der Waals surface area contributed by atoms with Gasteiger partial charge in [-0.2, -0.15) is 0 Å². The minimum atomic E-state index is 0.488. The van der Waals surface area contributed by atoms with Crippen molar-refractivity contribution in [1.82, 2.24) is 4.90 Å². The Bertz CT molecular complexity index is 1100. The third-order valence-electron chi connectivity index (χ3n) is 9.95. The van der Waals surface area contributed by atoms with Crippen molar-refractivity contribution in [3.63, 3.8) is 0 Å². The zero-order chi connectivity index (χ0) is 26.1. The summed E-state index contributed by atoms with van der Waals surface area (Å²) >= 11 is 2.00. The topological polar surface area (TPSA) is 24.8 Å². The molecule has 0 aromatic heterocycles. The lowest BCUT2D eigenvalue weighted by molar-refractivity contribution is 0.113. The lowest BCUT2D eigenvalue weighted by Gasteiger charge is -2.39. The molecule has 2 saturated carbocycles. The van der Waals surface area contributed by atoms with Gasteiger partial charge in [0.25, 0.3) is 0 Å². The first-order chi connectivity index (χ1) is 18.4. The van der Waals surface area contributed by atoms with Gasteiger partial charge < -0.3 is 9.64 Å². The van der Waals surface area contributed by atoms with Crippen LogP contribution in [0.4, 0.5) is 0 Å². The van der Waals surface area contributed by atoms with Crippen LogP contribution in [0.15, 0.2) is 63.7 Å². The van der Waals surface area contributed by atoms with Crippen molar-refractivity contribution < 1.29 is 4.74 Å².